The molecule has 1 amide bonds. The summed E-state index contributed by atoms with van der Waals surface area (Å²) < 4.78 is 37.8. The highest BCUT2D eigenvalue weighted by Gasteiger charge is 2.35. The van der Waals surface area contributed by atoms with E-state index >= 15 is 0 Å². The van der Waals surface area contributed by atoms with Crippen LogP contribution in [0, 0.1) is 12.7 Å². The topological polar surface area (TPSA) is 54.5 Å². The molecule has 0 saturated carbocycles. The van der Waals surface area contributed by atoms with Gasteiger partial charge in [0.25, 0.3) is 5.91 Å². The molecule has 6 heteroatoms. The van der Waals surface area contributed by atoms with Crippen LogP contribution in [0.4, 0.5) is 4.39 Å². The quantitative estimate of drug-likeness (QED) is 0.841. The zero-order valence-electron chi connectivity index (χ0n) is 14.0. The van der Waals surface area contributed by atoms with Crippen molar-refractivity contribution in [2.75, 3.05) is 11.5 Å². The van der Waals surface area contributed by atoms with Crippen molar-refractivity contribution < 1.29 is 17.6 Å². The molecule has 0 unspecified atom stereocenters. The van der Waals surface area contributed by atoms with Crippen molar-refractivity contribution in [1.29, 1.82) is 0 Å². The molecule has 0 N–H and O–H groups in total. The van der Waals surface area contributed by atoms with E-state index in [4.69, 9.17) is 0 Å². The Balaban J connectivity index is 1.92. The van der Waals surface area contributed by atoms with Crippen LogP contribution < -0.4 is 0 Å². The molecule has 0 spiro atoms. The number of carbonyl (C=O) groups is 1. The second-order valence-corrected chi connectivity index (χ2v) is 8.68. The predicted molar refractivity (Wildman–Crippen MR) is 94.5 cm³/mol. The average Bonchev–Trinajstić information content (AvgIpc) is 2.94. The summed E-state index contributed by atoms with van der Waals surface area (Å²) in [5.74, 6) is -0.679. The zero-order chi connectivity index (χ0) is 18.0. The van der Waals surface area contributed by atoms with Gasteiger partial charge < -0.3 is 4.90 Å². The number of sulfone groups is 1. The predicted octanol–water partition coefficient (Wildman–Crippen LogP) is 2.96. The Kier molecular flexibility index (Phi) is 4.90. The van der Waals surface area contributed by atoms with E-state index < -0.39 is 21.7 Å². The van der Waals surface area contributed by atoms with Gasteiger partial charge in [0, 0.05) is 23.7 Å². The van der Waals surface area contributed by atoms with Crippen molar-refractivity contribution in [3.05, 3.63) is 71.0 Å². The maximum atomic E-state index is 14.1. The fourth-order valence-electron chi connectivity index (χ4n) is 3.06. The molecule has 1 fully saturated rings. The second-order valence-electron chi connectivity index (χ2n) is 6.45. The summed E-state index contributed by atoms with van der Waals surface area (Å²) in [7, 11) is -3.15. The van der Waals surface area contributed by atoms with Crippen LogP contribution in [0.15, 0.2) is 48.5 Å². The van der Waals surface area contributed by atoms with Crippen molar-refractivity contribution in [3.63, 3.8) is 0 Å². The van der Waals surface area contributed by atoms with Gasteiger partial charge in [0.15, 0.2) is 9.84 Å². The lowest BCUT2D eigenvalue weighted by molar-refractivity contribution is 0.0679. The third-order valence-electron chi connectivity index (χ3n) is 4.51. The first-order chi connectivity index (χ1) is 11.9. The summed E-state index contributed by atoms with van der Waals surface area (Å²) in [4.78, 5) is 14.5. The van der Waals surface area contributed by atoms with Gasteiger partial charge in [-0.25, -0.2) is 12.8 Å². The lowest BCUT2D eigenvalue weighted by Crippen LogP contribution is -2.40. The third kappa shape index (κ3) is 4.07. The van der Waals surface area contributed by atoms with E-state index in [1.54, 1.807) is 30.3 Å². The molecule has 0 bridgehead atoms. The van der Waals surface area contributed by atoms with Gasteiger partial charge in [-0.15, -0.1) is 0 Å². The molecule has 0 aromatic heterocycles. The Labute approximate surface area is 147 Å². The monoisotopic (exact) mass is 361 g/mol. The molecule has 1 atom stereocenters. The van der Waals surface area contributed by atoms with Crippen LogP contribution in [0.1, 0.15) is 27.9 Å². The number of carbonyl (C=O) groups excluding carboxylic acids is 1. The van der Waals surface area contributed by atoms with E-state index in [-0.39, 0.29) is 24.0 Å². The van der Waals surface area contributed by atoms with Crippen LogP contribution in [0.5, 0.6) is 0 Å². The smallest absolute Gasteiger partial charge is 0.254 e. The minimum absolute atomic E-state index is 0.0551. The highest BCUT2D eigenvalue weighted by Crippen LogP contribution is 2.23. The SMILES string of the molecule is Cc1ccc(C(=O)N(Cc2ccccc2F)[C@H]2CCS(=O)(=O)C2)cc1. The number of hydrogen-bond acceptors (Lipinski definition) is 3. The summed E-state index contributed by atoms with van der Waals surface area (Å²) in [6, 6.07) is 12.9. The maximum absolute atomic E-state index is 14.1. The molecule has 1 heterocycles. The average molecular weight is 361 g/mol. The molecule has 1 aliphatic rings. The van der Waals surface area contributed by atoms with E-state index in [9.17, 15) is 17.6 Å². The van der Waals surface area contributed by atoms with E-state index in [1.165, 1.54) is 11.0 Å². The highest BCUT2D eigenvalue weighted by molar-refractivity contribution is 7.91. The first-order valence-electron chi connectivity index (χ1n) is 8.17. The van der Waals surface area contributed by atoms with Crippen LogP contribution in [0.25, 0.3) is 0 Å². The number of halogens is 1. The summed E-state index contributed by atoms with van der Waals surface area (Å²) in [6.07, 6.45) is 0.383. The first kappa shape index (κ1) is 17.6. The zero-order valence-corrected chi connectivity index (χ0v) is 14.8. The van der Waals surface area contributed by atoms with Crippen LogP contribution >= 0.6 is 0 Å². The first-order valence-corrected chi connectivity index (χ1v) is 9.99. The fraction of sp³-hybridized carbons (Fsp3) is 0.316. The van der Waals surface area contributed by atoms with Crippen LogP contribution in [-0.4, -0.2) is 36.8 Å². The Bertz CT molecular complexity index is 878. The lowest BCUT2D eigenvalue weighted by Gasteiger charge is -2.28. The largest absolute Gasteiger partial charge is 0.330 e. The highest BCUT2D eigenvalue weighted by atomic mass is 32.2. The van der Waals surface area contributed by atoms with Crippen LogP contribution in [0.3, 0.4) is 0 Å². The van der Waals surface area contributed by atoms with Crippen molar-refractivity contribution in [1.82, 2.24) is 4.90 Å². The minimum atomic E-state index is -3.15. The van der Waals surface area contributed by atoms with Gasteiger partial charge in [0.05, 0.1) is 11.5 Å². The Hall–Kier alpha value is -2.21. The van der Waals surface area contributed by atoms with E-state index in [0.29, 0.717) is 17.5 Å². The molecular weight excluding hydrogens is 341 g/mol. The number of nitrogens with zero attached hydrogens (tertiary/aromatic N) is 1. The van der Waals surface area contributed by atoms with Crippen molar-refractivity contribution in [3.8, 4) is 0 Å². The second kappa shape index (κ2) is 6.96. The summed E-state index contributed by atoms with van der Waals surface area (Å²) >= 11 is 0. The molecule has 2 aromatic rings. The molecule has 3 rings (SSSR count). The molecule has 4 nitrogen and oxygen atoms in total. The van der Waals surface area contributed by atoms with Gasteiger partial charge in [0.2, 0.25) is 0 Å². The van der Waals surface area contributed by atoms with E-state index in [2.05, 4.69) is 0 Å². The fourth-order valence-corrected chi connectivity index (χ4v) is 4.79. The number of amides is 1. The number of hydrogen-bond donors (Lipinski definition) is 0. The Morgan fingerprint density at radius 1 is 1.16 bits per heavy atom. The van der Waals surface area contributed by atoms with Crippen molar-refractivity contribution in [2.24, 2.45) is 0 Å². The normalized spacial score (nSPS) is 18.9. The van der Waals surface area contributed by atoms with E-state index in [0.717, 1.165) is 5.56 Å². The Morgan fingerprint density at radius 3 is 2.44 bits per heavy atom. The van der Waals surface area contributed by atoms with Gasteiger partial charge in [-0.2, -0.15) is 0 Å². The van der Waals surface area contributed by atoms with Crippen LogP contribution in [-0.2, 0) is 16.4 Å². The number of aryl methyl sites for hydroxylation is 1. The summed E-state index contributed by atoms with van der Waals surface area (Å²) in [5.41, 5.74) is 1.89. The molecule has 132 valence electrons. The maximum Gasteiger partial charge on any atom is 0.254 e. The molecule has 0 radical (unpaired) electrons. The summed E-state index contributed by atoms with van der Waals surface area (Å²) in [5, 5.41) is 0. The molecule has 1 saturated heterocycles. The van der Waals surface area contributed by atoms with Crippen molar-refractivity contribution >= 4 is 15.7 Å². The van der Waals surface area contributed by atoms with Crippen LogP contribution in [0.2, 0.25) is 0 Å². The number of rotatable bonds is 4. The standard InChI is InChI=1S/C19H20FNO3S/c1-14-6-8-15(9-7-14)19(22)21(17-10-11-25(23,24)13-17)12-16-4-2-3-5-18(16)20/h2-9,17H,10-13H2,1H3/t17-/m0/s1. The molecule has 25 heavy (non-hydrogen) atoms. The molecule has 2 aromatic carbocycles. The van der Waals surface area contributed by atoms with Crippen molar-refractivity contribution in [2.45, 2.75) is 25.9 Å². The third-order valence-corrected chi connectivity index (χ3v) is 6.26. The number of benzene rings is 2. The van der Waals surface area contributed by atoms with Gasteiger partial charge in [-0.1, -0.05) is 35.9 Å². The van der Waals surface area contributed by atoms with Gasteiger partial charge in [0.1, 0.15) is 5.82 Å². The Morgan fingerprint density at radius 2 is 1.84 bits per heavy atom. The minimum Gasteiger partial charge on any atom is -0.330 e. The van der Waals surface area contributed by atoms with Gasteiger partial charge >= 0.3 is 0 Å². The molecule has 1 aliphatic heterocycles. The molecular formula is C19H20FNO3S. The lowest BCUT2D eigenvalue weighted by atomic mass is 10.1. The molecule has 0 aliphatic carbocycles. The van der Waals surface area contributed by atoms with Gasteiger partial charge in [-0.3, -0.25) is 4.79 Å². The van der Waals surface area contributed by atoms with Gasteiger partial charge in [-0.05, 0) is 31.5 Å². The summed E-state index contributed by atoms with van der Waals surface area (Å²) in [6.45, 7) is 1.98. The van der Waals surface area contributed by atoms with E-state index in [1.807, 2.05) is 19.1 Å².